The van der Waals surface area contributed by atoms with E-state index in [1.165, 1.54) is 0 Å². The molecule has 0 aromatic carbocycles. The van der Waals surface area contributed by atoms with Gasteiger partial charge in [-0.05, 0) is 40.0 Å². The van der Waals surface area contributed by atoms with Gasteiger partial charge in [0.2, 0.25) is 0 Å². The smallest absolute Gasteiger partial charge is 0.410 e. The third-order valence-corrected chi connectivity index (χ3v) is 5.24. The maximum atomic E-state index is 12.1. The quantitative estimate of drug-likeness (QED) is 0.705. The molecule has 0 spiro atoms. The minimum absolute atomic E-state index is 0.166. The SMILES string of the molecule is CC(C)(C)OC(=O)N1CCC(CBr)(OCC2CCOC2)CC1. The van der Waals surface area contributed by atoms with E-state index in [-0.39, 0.29) is 11.7 Å². The van der Waals surface area contributed by atoms with Crippen molar-refractivity contribution < 1.29 is 19.0 Å². The molecule has 2 aliphatic rings. The second-order valence-corrected chi connectivity index (χ2v) is 7.89. The molecule has 0 aromatic heterocycles. The largest absolute Gasteiger partial charge is 0.444 e. The number of halogens is 1. The molecular formula is C16H28BrNO4. The number of nitrogens with zero attached hydrogens (tertiary/aromatic N) is 1. The zero-order chi connectivity index (χ0) is 16.2. The Morgan fingerprint density at radius 1 is 1.36 bits per heavy atom. The molecule has 0 saturated carbocycles. The van der Waals surface area contributed by atoms with Crippen molar-refractivity contribution in [1.82, 2.24) is 4.90 Å². The first-order chi connectivity index (χ1) is 10.3. The van der Waals surface area contributed by atoms with Gasteiger partial charge in [0.25, 0.3) is 0 Å². The molecule has 0 radical (unpaired) electrons. The maximum Gasteiger partial charge on any atom is 0.410 e. The predicted molar refractivity (Wildman–Crippen MR) is 88.4 cm³/mol. The molecular weight excluding hydrogens is 350 g/mol. The third-order valence-electron chi connectivity index (χ3n) is 4.22. The third kappa shape index (κ3) is 5.10. The summed E-state index contributed by atoms with van der Waals surface area (Å²) in [6.07, 6.45) is 2.54. The summed E-state index contributed by atoms with van der Waals surface area (Å²) in [7, 11) is 0. The van der Waals surface area contributed by atoms with Crippen LogP contribution < -0.4 is 0 Å². The fourth-order valence-corrected chi connectivity index (χ4v) is 3.47. The Labute approximate surface area is 141 Å². The van der Waals surface area contributed by atoms with E-state index in [9.17, 15) is 4.79 Å². The normalized spacial score (nSPS) is 25.3. The molecule has 0 aromatic rings. The van der Waals surface area contributed by atoms with Crippen molar-refractivity contribution >= 4 is 22.0 Å². The van der Waals surface area contributed by atoms with Gasteiger partial charge in [0, 0.05) is 30.9 Å². The molecule has 1 amide bonds. The van der Waals surface area contributed by atoms with Gasteiger partial charge in [0.1, 0.15) is 5.60 Å². The molecule has 0 aliphatic carbocycles. The van der Waals surface area contributed by atoms with Crippen molar-refractivity contribution in [3.63, 3.8) is 0 Å². The Hall–Kier alpha value is -0.330. The van der Waals surface area contributed by atoms with Gasteiger partial charge >= 0.3 is 6.09 Å². The predicted octanol–water partition coefficient (Wildman–Crippen LogP) is 3.20. The number of hydrogen-bond donors (Lipinski definition) is 0. The molecule has 6 heteroatoms. The Morgan fingerprint density at radius 3 is 2.55 bits per heavy atom. The molecule has 2 aliphatic heterocycles. The topological polar surface area (TPSA) is 48.0 Å². The van der Waals surface area contributed by atoms with Gasteiger partial charge in [-0.3, -0.25) is 0 Å². The van der Waals surface area contributed by atoms with Crippen LogP contribution in [0.15, 0.2) is 0 Å². The number of carbonyl (C=O) groups is 1. The summed E-state index contributed by atoms with van der Waals surface area (Å²) in [6, 6.07) is 0. The van der Waals surface area contributed by atoms with Gasteiger partial charge in [0.05, 0.1) is 18.8 Å². The van der Waals surface area contributed by atoms with Crippen LogP contribution in [0.1, 0.15) is 40.0 Å². The van der Waals surface area contributed by atoms with Crippen molar-refractivity contribution in [2.24, 2.45) is 5.92 Å². The van der Waals surface area contributed by atoms with Gasteiger partial charge in [0.15, 0.2) is 0 Å². The summed E-state index contributed by atoms with van der Waals surface area (Å²) in [5.41, 5.74) is -0.610. The molecule has 2 saturated heterocycles. The highest BCUT2D eigenvalue weighted by molar-refractivity contribution is 9.09. The minimum Gasteiger partial charge on any atom is -0.444 e. The van der Waals surface area contributed by atoms with E-state index in [0.717, 1.165) is 44.4 Å². The molecule has 1 atom stereocenters. The zero-order valence-electron chi connectivity index (χ0n) is 13.9. The van der Waals surface area contributed by atoms with E-state index < -0.39 is 5.60 Å². The second kappa shape index (κ2) is 7.49. The lowest BCUT2D eigenvalue weighted by Crippen LogP contribution is -2.50. The van der Waals surface area contributed by atoms with Crippen molar-refractivity contribution in [1.29, 1.82) is 0 Å². The van der Waals surface area contributed by atoms with E-state index in [2.05, 4.69) is 15.9 Å². The van der Waals surface area contributed by atoms with Gasteiger partial charge < -0.3 is 19.1 Å². The number of ether oxygens (including phenoxy) is 3. The molecule has 0 N–H and O–H groups in total. The van der Waals surface area contributed by atoms with Crippen molar-refractivity contribution in [2.45, 2.75) is 51.2 Å². The van der Waals surface area contributed by atoms with Crippen LogP contribution in [0.5, 0.6) is 0 Å². The fraction of sp³-hybridized carbons (Fsp3) is 0.938. The molecule has 22 heavy (non-hydrogen) atoms. The highest BCUT2D eigenvalue weighted by Gasteiger charge is 2.38. The van der Waals surface area contributed by atoms with E-state index >= 15 is 0 Å². The zero-order valence-corrected chi connectivity index (χ0v) is 15.5. The van der Waals surface area contributed by atoms with Gasteiger partial charge in [-0.25, -0.2) is 4.79 Å². The van der Waals surface area contributed by atoms with Gasteiger partial charge in [-0.1, -0.05) is 15.9 Å². The fourth-order valence-electron chi connectivity index (χ4n) is 2.75. The Bertz CT molecular complexity index is 369. The number of rotatable bonds is 4. The molecule has 2 rings (SSSR count). The molecule has 1 unspecified atom stereocenters. The monoisotopic (exact) mass is 377 g/mol. The lowest BCUT2D eigenvalue weighted by molar-refractivity contribution is -0.0800. The first kappa shape index (κ1) is 18.0. The summed E-state index contributed by atoms with van der Waals surface area (Å²) < 4.78 is 17.1. The summed E-state index contributed by atoms with van der Waals surface area (Å²) >= 11 is 3.59. The summed E-state index contributed by atoms with van der Waals surface area (Å²) in [4.78, 5) is 13.9. The number of alkyl halides is 1. The average molecular weight is 378 g/mol. The van der Waals surface area contributed by atoms with E-state index in [1.807, 2.05) is 20.8 Å². The molecule has 0 bridgehead atoms. The van der Waals surface area contributed by atoms with Crippen LogP contribution in [0.2, 0.25) is 0 Å². The number of piperidine rings is 1. The van der Waals surface area contributed by atoms with Gasteiger partial charge in [-0.15, -0.1) is 0 Å². The maximum absolute atomic E-state index is 12.1. The van der Waals surface area contributed by atoms with E-state index in [0.29, 0.717) is 19.0 Å². The molecule has 5 nitrogen and oxygen atoms in total. The number of likely N-dealkylation sites (tertiary alicyclic amines) is 1. The molecule has 128 valence electrons. The first-order valence-electron chi connectivity index (χ1n) is 8.09. The van der Waals surface area contributed by atoms with E-state index in [1.54, 1.807) is 4.90 Å². The highest BCUT2D eigenvalue weighted by atomic mass is 79.9. The summed E-state index contributed by atoms with van der Waals surface area (Å²) in [5, 5.41) is 0.801. The van der Waals surface area contributed by atoms with Crippen LogP contribution >= 0.6 is 15.9 Å². The number of amides is 1. The van der Waals surface area contributed by atoms with Crippen LogP contribution in [0.4, 0.5) is 4.79 Å². The van der Waals surface area contributed by atoms with Gasteiger partial charge in [-0.2, -0.15) is 0 Å². The van der Waals surface area contributed by atoms with Crippen molar-refractivity contribution in [3.05, 3.63) is 0 Å². The number of carbonyl (C=O) groups excluding carboxylic acids is 1. The summed E-state index contributed by atoms with van der Waals surface area (Å²) in [5.74, 6) is 0.514. The van der Waals surface area contributed by atoms with Crippen LogP contribution in [0.25, 0.3) is 0 Å². The lowest BCUT2D eigenvalue weighted by atomic mass is 9.93. The van der Waals surface area contributed by atoms with Crippen LogP contribution in [-0.4, -0.2) is 60.4 Å². The lowest BCUT2D eigenvalue weighted by Gasteiger charge is -2.41. The average Bonchev–Trinajstić information content (AvgIpc) is 2.97. The summed E-state index contributed by atoms with van der Waals surface area (Å²) in [6.45, 7) is 9.45. The van der Waals surface area contributed by atoms with Crippen LogP contribution in [0.3, 0.4) is 0 Å². The first-order valence-corrected chi connectivity index (χ1v) is 9.21. The molecule has 2 heterocycles. The second-order valence-electron chi connectivity index (χ2n) is 7.32. The Balaban J connectivity index is 1.81. The highest BCUT2D eigenvalue weighted by Crippen LogP contribution is 2.30. The Morgan fingerprint density at radius 2 is 2.05 bits per heavy atom. The van der Waals surface area contributed by atoms with Crippen LogP contribution in [0, 0.1) is 5.92 Å². The van der Waals surface area contributed by atoms with Crippen LogP contribution in [-0.2, 0) is 14.2 Å². The van der Waals surface area contributed by atoms with E-state index in [4.69, 9.17) is 14.2 Å². The van der Waals surface area contributed by atoms with Crippen molar-refractivity contribution in [3.8, 4) is 0 Å². The minimum atomic E-state index is -0.444. The van der Waals surface area contributed by atoms with Crippen molar-refractivity contribution in [2.75, 3.05) is 38.2 Å². The molecule has 2 fully saturated rings. The number of hydrogen-bond acceptors (Lipinski definition) is 4. The standard InChI is InChI=1S/C16H28BrNO4/c1-15(2,3)22-14(19)18-7-5-16(12-17,6-8-18)21-11-13-4-9-20-10-13/h13H,4-12H2,1-3H3. The Kier molecular flexibility index (Phi) is 6.14.